The molecule has 0 aliphatic heterocycles. The van der Waals surface area contributed by atoms with Crippen LogP contribution >= 0.6 is 0 Å². The SMILES string of the molecule is CCOC(=O)CCNC(=O)c1ccc(C(C)C)cc1. The summed E-state index contributed by atoms with van der Waals surface area (Å²) < 4.78 is 4.78. The van der Waals surface area contributed by atoms with Crippen LogP contribution in [-0.2, 0) is 9.53 Å². The molecule has 1 aromatic carbocycles. The van der Waals surface area contributed by atoms with Gasteiger partial charge in [-0.2, -0.15) is 0 Å². The molecule has 1 N–H and O–H groups in total. The van der Waals surface area contributed by atoms with Crippen molar-refractivity contribution in [2.24, 2.45) is 0 Å². The van der Waals surface area contributed by atoms with E-state index in [0.717, 1.165) is 0 Å². The maximum absolute atomic E-state index is 11.8. The molecule has 0 atom stereocenters. The van der Waals surface area contributed by atoms with E-state index in [0.29, 0.717) is 24.6 Å². The molecule has 0 aliphatic carbocycles. The van der Waals surface area contributed by atoms with Crippen LogP contribution < -0.4 is 5.32 Å². The van der Waals surface area contributed by atoms with E-state index in [1.165, 1.54) is 5.56 Å². The summed E-state index contributed by atoms with van der Waals surface area (Å²) in [6.07, 6.45) is 0.198. The van der Waals surface area contributed by atoms with Crippen molar-refractivity contribution in [3.63, 3.8) is 0 Å². The maximum atomic E-state index is 11.8. The van der Waals surface area contributed by atoms with Gasteiger partial charge in [0, 0.05) is 12.1 Å². The molecule has 0 bridgehead atoms. The average molecular weight is 263 g/mol. The van der Waals surface area contributed by atoms with Crippen molar-refractivity contribution < 1.29 is 14.3 Å². The largest absolute Gasteiger partial charge is 0.466 e. The van der Waals surface area contributed by atoms with E-state index in [1.54, 1.807) is 19.1 Å². The Hall–Kier alpha value is -1.84. The number of hydrogen-bond donors (Lipinski definition) is 1. The molecule has 0 spiro atoms. The Balaban J connectivity index is 2.43. The van der Waals surface area contributed by atoms with Crippen molar-refractivity contribution in [2.75, 3.05) is 13.2 Å². The van der Waals surface area contributed by atoms with Crippen LogP contribution in [0.1, 0.15) is 49.0 Å². The van der Waals surface area contributed by atoms with Gasteiger partial charge in [-0.15, -0.1) is 0 Å². The smallest absolute Gasteiger partial charge is 0.307 e. The van der Waals surface area contributed by atoms with Gasteiger partial charge in [0.15, 0.2) is 0 Å². The van der Waals surface area contributed by atoms with Gasteiger partial charge >= 0.3 is 5.97 Å². The molecule has 0 saturated heterocycles. The number of carbonyl (C=O) groups is 2. The summed E-state index contributed by atoms with van der Waals surface area (Å²) in [5, 5.41) is 2.70. The van der Waals surface area contributed by atoms with Crippen LogP contribution in [0.3, 0.4) is 0 Å². The second kappa shape index (κ2) is 7.56. The number of hydrogen-bond acceptors (Lipinski definition) is 3. The molecule has 0 heterocycles. The second-order valence-electron chi connectivity index (χ2n) is 4.59. The van der Waals surface area contributed by atoms with Crippen LogP contribution in [-0.4, -0.2) is 25.0 Å². The number of ether oxygens (including phenoxy) is 1. The molecule has 0 saturated carbocycles. The van der Waals surface area contributed by atoms with Crippen molar-refractivity contribution in [1.82, 2.24) is 5.32 Å². The molecule has 0 unspecified atom stereocenters. The summed E-state index contributed by atoms with van der Waals surface area (Å²) in [7, 11) is 0. The molecule has 0 aliphatic rings. The number of rotatable bonds is 6. The van der Waals surface area contributed by atoms with E-state index in [2.05, 4.69) is 19.2 Å². The third-order valence-electron chi connectivity index (χ3n) is 2.76. The minimum Gasteiger partial charge on any atom is -0.466 e. The van der Waals surface area contributed by atoms with E-state index in [-0.39, 0.29) is 18.3 Å². The van der Waals surface area contributed by atoms with Gasteiger partial charge in [0.1, 0.15) is 0 Å². The maximum Gasteiger partial charge on any atom is 0.307 e. The fraction of sp³-hybridized carbons (Fsp3) is 0.467. The molecule has 1 aromatic rings. The van der Waals surface area contributed by atoms with Gasteiger partial charge < -0.3 is 10.1 Å². The Morgan fingerprint density at radius 2 is 1.84 bits per heavy atom. The Bertz CT molecular complexity index is 424. The number of amides is 1. The predicted molar refractivity (Wildman–Crippen MR) is 74.1 cm³/mol. The van der Waals surface area contributed by atoms with Gasteiger partial charge in [-0.1, -0.05) is 26.0 Å². The number of carbonyl (C=O) groups excluding carboxylic acids is 2. The van der Waals surface area contributed by atoms with Gasteiger partial charge in [-0.25, -0.2) is 0 Å². The first kappa shape index (κ1) is 15.2. The second-order valence-corrected chi connectivity index (χ2v) is 4.59. The number of esters is 1. The van der Waals surface area contributed by atoms with Crippen molar-refractivity contribution in [2.45, 2.75) is 33.1 Å². The first-order chi connectivity index (χ1) is 9.04. The molecule has 104 valence electrons. The highest BCUT2D eigenvalue weighted by Crippen LogP contribution is 2.14. The van der Waals surface area contributed by atoms with Crippen LogP contribution in [0.5, 0.6) is 0 Å². The molecule has 19 heavy (non-hydrogen) atoms. The van der Waals surface area contributed by atoms with E-state index in [9.17, 15) is 9.59 Å². The van der Waals surface area contributed by atoms with Crippen LogP contribution in [0.25, 0.3) is 0 Å². The highest BCUT2D eigenvalue weighted by atomic mass is 16.5. The quantitative estimate of drug-likeness (QED) is 0.802. The molecule has 0 aromatic heterocycles. The zero-order valence-electron chi connectivity index (χ0n) is 11.7. The fourth-order valence-electron chi connectivity index (χ4n) is 1.63. The van der Waals surface area contributed by atoms with Crippen LogP contribution in [0.15, 0.2) is 24.3 Å². The van der Waals surface area contributed by atoms with Crippen molar-refractivity contribution >= 4 is 11.9 Å². The summed E-state index contributed by atoms with van der Waals surface area (Å²) >= 11 is 0. The van der Waals surface area contributed by atoms with Gasteiger partial charge in [-0.05, 0) is 30.5 Å². The molecule has 0 fully saturated rings. The average Bonchev–Trinajstić information content (AvgIpc) is 2.39. The lowest BCUT2D eigenvalue weighted by Crippen LogP contribution is -2.26. The summed E-state index contributed by atoms with van der Waals surface area (Å²) in [5.41, 5.74) is 1.80. The Morgan fingerprint density at radius 1 is 1.21 bits per heavy atom. The minimum absolute atomic E-state index is 0.167. The van der Waals surface area contributed by atoms with Crippen molar-refractivity contribution in [3.8, 4) is 0 Å². The lowest BCUT2D eigenvalue weighted by molar-refractivity contribution is -0.142. The molecule has 0 radical (unpaired) electrons. The lowest BCUT2D eigenvalue weighted by Gasteiger charge is -2.08. The Morgan fingerprint density at radius 3 is 2.37 bits per heavy atom. The van der Waals surface area contributed by atoms with E-state index < -0.39 is 0 Å². The molecule has 1 amide bonds. The highest BCUT2D eigenvalue weighted by Gasteiger charge is 2.07. The molecular weight excluding hydrogens is 242 g/mol. The molecule has 4 heteroatoms. The standard InChI is InChI=1S/C15H21NO3/c1-4-19-14(17)9-10-16-15(18)13-7-5-12(6-8-13)11(2)3/h5-8,11H,4,9-10H2,1-3H3,(H,16,18). The van der Waals surface area contributed by atoms with E-state index in [4.69, 9.17) is 4.74 Å². The number of benzene rings is 1. The van der Waals surface area contributed by atoms with Crippen LogP contribution in [0.4, 0.5) is 0 Å². The van der Waals surface area contributed by atoms with Crippen LogP contribution in [0, 0.1) is 0 Å². The van der Waals surface area contributed by atoms with E-state index >= 15 is 0 Å². The molecule has 4 nitrogen and oxygen atoms in total. The highest BCUT2D eigenvalue weighted by molar-refractivity contribution is 5.94. The minimum atomic E-state index is -0.294. The van der Waals surface area contributed by atoms with Gasteiger partial charge in [0.2, 0.25) is 0 Å². The predicted octanol–water partition coefficient (Wildman–Crippen LogP) is 2.49. The summed E-state index contributed by atoms with van der Waals surface area (Å²) in [5.74, 6) is -0.0153. The third kappa shape index (κ3) is 5.12. The third-order valence-corrected chi connectivity index (χ3v) is 2.76. The zero-order chi connectivity index (χ0) is 14.3. The summed E-state index contributed by atoms with van der Waals surface area (Å²) in [6.45, 7) is 6.63. The normalized spacial score (nSPS) is 10.3. The van der Waals surface area contributed by atoms with Crippen molar-refractivity contribution in [1.29, 1.82) is 0 Å². The summed E-state index contributed by atoms with van der Waals surface area (Å²) in [4.78, 5) is 22.9. The number of nitrogens with one attached hydrogen (secondary N) is 1. The van der Waals surface area contributed by atoms with E-state index in [1.807, 2.05) is 12.1 Å². The topological polar surface area (TPSA) is 55.4 Å². The van der Waals surface area contributed by atoms with Crippen LogP contribution in [0.2, 0.25) is 0 Å². The Kier molecular flexibility index (Phi) is 6.06. The Labute approximate surface area is 114 Å². The molecule has 1 rings (SSSR count). The first-order valence-corrected chi connectivity index (χ1v) is 6.58. The van der Waals surface area contributed by atoms with Gasteiger partial charge in [0.05, 0.1) is 13.0 Å². The summed E-state index contributed by atoms with van der Waals surface area (Å²) in [6, 6.07) is 7.50. The lowest BCUT2D eigenvalue weighted by atomic mass is 10.0. The first-order valence-electron chi connectivity index (χ1n) is 6.58. The monoisotopic (exact) mass is 263 g/mol. The molecular formula is C15H21NO3. The zero-order valence-corrected chi connectivity index (χ0v) is 11.7. The van der Waals surface area contributed by atoms with Gasteiger partial charge in [-0.3, -0.25) is 9.59 Å². The van der Waals surface area contributed by atoms with Crippen molar-refractivity contribution in [3.05, 3.63) is 35.4 Å². The fourth-order valence-corrected chi connectivity index (χ4v) is 1.63. The van der Waals surface area contributed by atoms with Gasteiger partial charge in [0.25, 0.3) is 5.91 Å².